The van der Waals surface area contributed by atoms with Crippen LogP contribution >= 0.6 is 0 Å². The maximum absolute atomic E-state index is 10.9. The van der Waals surface area contributed by atoms with Gasteiger partial charge in [0.2, 0.25) is 0 Å². The lowest BCUT2D eigenvalue weighted by molar-refractivity contribution is -0.110. The standard InChI is InChI=1S/C11H12O2/c1-8-7-13-11-5-3-2-4-9(11)10(8)6-12/h2-6,8,10H,7H2,1H3. The zero-order chi connectivity index (χ0) is 9.26. The van der Waals surface area contributed by atoms with Gasteiger partial charge < -0.3 is 9.53 Å². The molecule has 0 amide bonds. The van der Waals surface area contributed by atoms with Crippen LogP contribution in [0.5, 0.6) is 5.75 Å². The third kappa shape index (κ3) is 1.32. The lowest BCUT2D eigenvalue weighted by Crippen LogP contribution is -2.24. The molecule has 0 aliphatic carbocycles. The molecule has 2 unspecified atom stereocenters. The number of benzene rings is 1. The minimum absolute atomic E-state index is 0.00458. The van der Waals surface area contributed by atoms with E-state index in [0.717, 1.165) is 17.6 Å². The maximum Gasteiger partial charge on any atom is 0.127 e. The first kappa shape index (κ1) is 8.30. The van der Waals surface area contributed by atoms with Gasteiger partial charge in [-0.1, -0.05) is 25.1 Å². The molecule has 1 aromatic rings. The molecule has 13 heavy (non-hydrogen) atoms. The van der Waals surface area contributed by atoms with Crippen molar-refractivity contribution in [1.29, 1.82) is 0 Å². The first-order valence-electron chi connectivity index (χ1n) is 4.50. The second kappa shape index (κ2) is 3.21. The second-order valence-corrected chi connectivity index (χ2v) is 3.49. The smallest absolute Gasteiger partial charge is 0.127 e. The highest BCUT2D eigenvalue weighted by molar-refractivity contribution is 5.65. The molecule has 2 rings (SSSR count). The summed E-state index contributed by atoms with van der Waals surface area (Å²) in [7, 11) is 0. The molecule has 1 aromatic carbocycles. The summed E-state index contributed by atoms with van der Waals surface area (Å²) in [6.45, 7) is 2.68. The molecule has 0 spiro atoms. The molecule has 2 atom stereocenters. The molecule has 0 N–H and O–H groups in total. The highest BCUT2D eigenvalue weighted by Crippen LogP contribution is 2.35. The highest BCUT2D eigenvalue weighted by Gasteiger charge is 2.26. The monoisotopic (exact) mass is 176 g/mol. The zero-order valence-corrected chi connectivity index (χ0v) is 7.57. The van der Waals surface area contributed by atoms with Crippen LogP contribution in [0.25, 0.3) is 0 Å². The number of aldehydes is 1. The maximum atomic E-state index is 10.9. The summed E-state index contributed by atoms with van der Waals surface area (Å²) < 4.78 is 5.51. The number of rotatable bonds is 1. The quantitative estimate of drug-likeness (QED) is 0.612. The summed E-state index contributed by atoms with van der Waals surface area (Å²) in [5.41, 5.74) is 1.02. The number of ether oxygens (including phenoxy) is 1. The van der Waals surface area contributed by atoms with E-state index in [4.69, 9.17) is 4.74 Å². The van der Waals surface area contributed by atoms with Crippen LogP contribution in [-0.2, 0) is 4.79 Å². The van der Waals surface area contributed by atoms with Gasteiger partial charge in [0.05, 0.1) is 6.61 Å². The Kier molecular flexibility index (Phi) is 2.05. The van der Waals surface area contributed by atoms with Gasteiger partial charge in [-0.2, -0.15) is 0 Å². The van der Waals surface area contributed by atoms with E-state index in [9.17, 15) is 4.79 Å². The van der Waals surface area contributed by atoms with Crippen molar-refractivity contribution in [3.8, 4) is 5.75 Å². The highest BCUT2D eigenvalue weighted by atomic mass is 16.5. The van der Waals surface area contributed by atoms with Crippen molar-refractivity contribution in [3.63, 3.8) is 0 Å². The molecular formula is C11H12O2. The van der Waals surface area contributed by atoms with Crippen molar-refractivity contribution in [2.24, 2.45) is 5.92 Å². The molecule has 0 bridgehead atoms. The van der Waals surface area contributed by atoms with E-state index in [1.165, 1.54) is 0 Å². The first-order valence-corrected chi connectivity index (χ1v) is 4.50. The Balaban J connectivity index is 2.45. The van der Waals surface area contributed by atoms with Gasteiger partial charge in [0.1, 0.15) is 12.0 Å². The molecule has 0 radical (unpaired) electrons. The minimum atomic E-state index is 0.00458. The van der Waals surface area contributed by atoms with Crippen LogP contribution < -0.4 is 4.74 Å². The Morgan fingerprint density at radius 3 is 3.00 bits per heavy atom. The van der Waals surface area contributed by atoms with E-state index in [0.29, 0.717) is 6.61 Å². The molecular weight excluding hydrogens is 164 g/mol. The van der Waals surface area contributed by atoms with E-state index in [2.05, 4.69) is 0 Å². The Bertz CT molecular complexity index is 320. The fraction of sp³-hybridized carbons (Fsp3) is 0.364. The summed E-state index contributed by atoms with van der Waals surface area (Å²) in [5, 5.41) is 0. The van der Waals surface area contributed by atoms with Crippen LogP contribution in [0.1, 0.15) is 18.4 Å². The van der Waals surface area contributed by atoms with Gasteiger partial charge in [0.15, 0.2) is 0 Å². The van der Waals surface area contributed by atoms with Crippen LogP contribution in [-0.4, -0.2) is 12.9 Å². The van der Waals surface area contributed by atoms with Gasteiger partial charge in [-0.25, -0.2) is 0 Å². The summed E-state index contributed by atoms with van der Waals surface area (Å²) in [6, 6.07) is 7.75. The third-order valence-electron chi connectivity index (χ3n) is 2.54. The van der Waals surface area contributed by atoms with Gasteiger partial charge in [-0.3, -0.25) is 0 Å². The largest absolute Gasteiger partial charge is 0.493 e. The van der Waals surface area contributed by atoms with Crippen molar-refractivity contribution in [2.45, 2.75) is 12.8 Å². The van der Waals surface area contributed by atoms with Crippen molar-refractivity contribution < 1.29 is 9.53 Å². The van der Waals surface area contributed by atoms with Crippen molar-refractivity contribution in [2.75, 3.05) is 6.61 Å². The summed E-state index contributed by atoms with van der Waals surface area (Å²) >= 11 is 0. The van der Waals surface area contributed by atoms with Crippen LogP contribution in [0.4, 0.5) is 0 Å². The van der Waals surface area contributed by atoms with Crippen molar-refractivity contribution >= 4 is 6.29 Å². The number of carbonyl (C=O) groups is 1. The number of para-hydroxylation sites is 1. The summed E-state index contributed by atoms with van der Waals surface area (Å²) in [6.07, 6.45) is 1.02. The van der Waals surface area contributed by atoms with E-state index in [1.54, 1.807) is 0 Å². The normalized spacial score (nSPS) is 25.9. The molecule has 1 aliphatic rings. The van der Waals surface area contributed by atoms with E-state index in [1.807, 2.05) is 31.2 Å². The van der Waals surface area contributed by atoms with Gasteiger partial charge in [0.25, 0.3) is 0 Å². The average Bonchev–Trinajstić information content (AvgIpc) is 2.18. The lowest BCUT2D eigenvalue weighted by atomic mass is 9.86. The SMILES string of the molecule is CC1COc2ccccc2C1C=O. The Morgan fingerprint density at radius 2 is 2.23 bits per heavy atom. The van der Waals surface area contributed by atoms with Crippen LogP contribution in [0.15, 0.2) is 24.3 Å². The second-order valence-electron chi connectivity index (χ2n) is 3.49. The van der Waals surface area contributed by atoms with Crippen molar-refractivity contribution in [1.82, 2.24) is 0 Å². The van der Waals surface area contributed by atoms with E-state index in [-0.39, 0.29) is 11.8 Å². The number of carbonyl (C=O) groups excluding carboxylic acids is 1. The molecule has 1 heterocycles. The fourth-order valence-electron chi connectivity index (χ4n) is 1.73. The predicted octanol–water partition coefficient (Wildman–Crippen LogP) is 2.00. The van der Waals surface area contributed by atoms with Gasteiger partial charge in [0, 0.05) is 17.4 Å². The topological polar surface area (TPSA) is 26.3 Å². The molecule has 2 heteroatoms. The number of fused-ring (bicyclic) bond motifs is 1. The van der Waals surface area contributed by atoms with Crippen LogP contribution in [0, 0.1) is 5.92 Å². The lowest BCUT2D eigenvalue weighted by Gasteiger charge is -2.27. The van der Waals surface area contributed by atoms with Gasteiger partial charge >= 0.3 is 0 Å². The Labute approximate surface area is 77.5 Å². The molecule has 1 aliphatic heterocycles. The Morgan fingerprint density at radius 1 is 1.46 bits per heavy atom. The molecule has 0 saturated heterocycles. The van der Waals surface area contributed by atoms with E-state index < -0.39 is 0 Å². The minimum Gasteiger partial charge on any atom is -0.493 e. The first-order chi connectivity index (χ1) is 6.33. The fourth-order valence-corrected chi connectivity index (χ4v) is 1.73. The molecule has 0 fully saturated rings. The molecule has 0 aromatic heterocycles. The predicted molar refractivity (Wildman–Crippen MR) is 49.9 cm³/mol. The van der Waals surface area contributed by atoms with Gasteiger partial charge in [-0.15, -0.1) is 0 Å². The van der Waals surface area contributed by atoms with Crippen molar-refractivity contribution in [3.05, 3.63) is 29.8 Å². The molecule has 2 nitrogen and oxygen atoms in total. The average molecular weight is 176 g/mol. The van der Waals surface area contributed by atoms with Crippen LogP contribution in [0.2, 0.25) is 0 Å². The summed E-state index contributed by atoms with van der Waals surface area (Å²) in [5.74, 6) is 1.15. The summed E-state index contributed by atoms with van der Waals surface area (Å²) in [4.78, 5) is 10.9. The number of hydrogen-bond acceptors (Lipinski definition) is 2. The van der Waals surface area contributed by atoms with Gasteiger partial charge in [-0.05, 0) is 6.07 Å². The molecule has 68 valence electrons. The Hall–Kier alpha value is -1.31. The number of hydrogen-bond donors (Lipinski definition) is 0. The molecule has 0 saturated carbocycles. The van der Waals surface area contributed by atoms with Crippen LogP contribution in [0.3, 0.4) is 0 Å². The van der Waals surface area contributed by atoms with E-state index >= 15 is 0 Å². The third-order valence-corrected chi connectivity index (χ3v) is 2.54. The zero-order valence-electron chi connectivity index (χ0n) is 7.57.